The normalized spacial score (nSPS) is 32.8. The van der Waals surface area contributed by atoms with Crippen LogP contribution in [-0.4, -0.2) is 31.9 Å². The number of amides is 1. The van der Waals surface area contributed by atoms with Gasteiger partial charge in [0.15, 0.2) is 9.84 Å². The summed E-state index contributed by atoms with van der Waals surface area (Å²) in [6.45, 7) is 8.37. The predicted octanol–water partition coefficient (Wildman–Crippen LogP) is 1.36. The Morgan fingerprint density at radius 3 is 2.17 bits per heavy atom. The van der Waals surface area contributed by atoms with Crippen LogP contribution >= 0.6 is 0 Å². The van der Waals surface area contributed by atoms with Crippen LogP contribution in [0.1, 0.15) is 40.5 Å². The molecule has 1 aliphatic carbocycles. The van der Waals surface area contributed by atoms with Crippen LogP contribution in [-0.2, 0) is 14.6 Å². The summed E-state index contributed by atoms with van der Waals surface area (Å²) < 4.78 is 23.1. The van der Waals surface area contributed by atoms with Gasteiger partial charge in [-0.2, -0.15) is 0 Å². The first-order valence-corrected chi connectivity index (χ1v) is 8.41. The summed E-state index contributed by atoms with van der Waals surface area (Å²) in [4.78, 5) is 12.2. The Bertz CT molecular complexity index is 451. The van der Waals surface area contributed by atoms with Crippen molar-refractivity contribution in [3.8, 4) is 0 Å². The molecule has 18 heavy (non-hydrogen) atoms. The maximum atomic E-state index is 12.2. The average molecular weight is 273 g/mol. The van der Waals surface area contributed by atoms with E-state index in [1.165, 1.54) is 0 Å². The molecule has 2 fully saturated rings. The SMILES string of the molecule is CC1(C)C(C(=O)N[C@@H]2CCCS(=O)(=O)C2)C1(C)C. The molecule has 1 saturated heterocycles. The largest absolute Gasteiger partial charge is 0.352 e. The topological polar surface area (TPSA) is 63.2 Å². The van der Waals surface area contributed by atoms with Gasteiger partial charge in [0.05, 0.1) is 11.5 Å². The maximum absolute atomic E-state index is 12.2. The van der Waals surface area contributed by atoms with Crippen molar-refractivity contribution in [2.75, 3.05) is 11.5 Å². The molecular formula is C13H23NO3S. The highest BCUT2D eigenvalue weighted by atomic mass is 32.2. The van der Waals surface area contributed by atoms with Gasteiger partial charge in [0.1, 0.15) is 0 Å². The summed E-state index contributed by atoms with van der Waals surface area (Å²) >= 11 is 0. The second-order valence-corrected chi connectivity index (χ2v) is 9.07. The molecule has 1 amide bonds. The molecule has 1 N–H and O–H groups in total. The molecular weight excluding hydrogens is 250 g/mol. The van der Waals surface area contributed by atoms with Crippen molar-refractivity contribution in [2.24, 2.45) is 16.7 Å². The summed E-state index contributed by atoms with van der Waals surface area (Å²) in [5, 5.41) is 2.93. The van der Waals surface area contributed by atoms with Gasteiger partial charge >= 0.3 is 0 Å². The molecule has 0 bridgehead atoms. The van der Waals surface area contributed by atoms with Crippen LogP contribution in [0, 0.1) is 16.7 Å². The molecule has 0 unspecified atom stereocenters. The van der Waals surface area contributed by atoms with Gasteiger partial charge in [-0.3, -0.25) is 4.79 Å². The van der Waals surface area contributed by atoms with Crippen LogP contribution in [0.4, 0.5) is 0 Å². The molecule has 1 heterocycles. The molecule has 1 aliphatic heterocycles. The maximum Gasteiger partial charge on any atom is 0.224 e. The first kappa shape index (κ1) is 13.8. The Hall–Kier alpha value is -0.580. The molecule has 1 atom stereocenters. The van der Waals surface area contributed by atoms with Crippen LogP contribution in [0.2, 0.25) is 0 Å². The Morgan fingerprint density at radius 2 is 1.72 bits per heavy atom. The van der Waals surface area contributed by atoms with Gasteiger partial charge in [0, 0.05) is 12.0 Å². The van der Waals surface area contributed by atoms with Crippen molar-refractivity contribution in [1.29, 1.82) is 0 Å². The standard InChI is InChI=1S/C13H23NO3S/c1-12(2)10(13(12,3)4)11(15)14-9-6-5-7-18(16,17)8-9/h9-10H,5-8H2,1-4H3,(H,14,15)/t9-/m1/s1. The summed E-state index contributed by atoms with van der Waals surface area (Å²) in [5.41, 5.74) is 0.00918. The van der Waals surface area contributed by atoms with Crippen molar-refractivity contribution in [3.63, 3.8) is 0 Å². The first-order valence-electron chi connectivity index (χ1n) is 6.59. The fraction of sp³-hybridized carbons (Fsp3) is 0.923. The minimum absolute atomic E-state index is 0.00459. The van der Waals surface area contributed by atoms with E-state index in [4.69, 9.17) is 0 Å². The Labute approximate surface area is 109 Å². The molecule has 0 aromatic carbocycles. The fourth-order valence-electron chi connectivity index (χ4n) is 3.27. The molecule has 4 nitrogen and oxygen atoms in total. The van der Waals surface area contributed by atoms with Gasteiger partial charge in [0.2, 0.25) is 5.91 Å². The molecule has 0 spiro atoms. The van der Waals surface area contributed by atoms with Gasteiger partial charge in [-0.05, 0) is 23.7 Å². The third-order valence-corrected chi connectivity index (χ3v) is 6.91. The van der Waals surface area contributed by atoms with Gasteiger partial charge in [0.25, 0.3) is 0 Å². The summed E-state index contributed by atoms with van der Waals surface area (Å²) in [6.07, 6.45) is 1.43. The van der Waals surface area contributed by atoms with Crippen molar-refractivity contribution in [3.05, 3.63) is 0 Å². The lowest BCUT2D eigenvalue weighted by atomic mass is 10.0. The second kappa shape index (κ2) is 3.95. The zero-order chi connectivity index (χ0) is 13.8. The van der Waals surface area contributed by atoms with E-state index in [1.807, 2.05) is 0 Å². The highest BCUT2D eigenvalue weighted by Gasteiger charge is 2.68. The van der Waals surface area contributed by atoms with E-state index >= 15 is 0 Å². The van der Waals surface area contributed by atoms with Crippen molar-refractivity contribution in [1.82, 2.24) is 5.32 Å². The minimum atomic E-state index is -2.96. The molecule has 2 rings (SSSR count). The number of carbonyl (C=O) groups is 1. The lowest BCUT2D eigenvalue weighted by molar-refractivity contribution is -0.124. The molecule has 2 aliphatic rings. The van der Waals surface area contributed by atoms with Crippen LogP contribution in [0.5, 0.6) is 0 Å². The Morgan fingerprint density at radius 1 is 1.17 bits per heavy atom. The molecule has 0 radical (unpaired) electrons. The lowest BCUT2D eigenvalue weighted by Gasteiger charge is -2.23. The van der Waals surface area contributed by atoms with Gasteiger partial charge in [-0.15, -0.1) is 0 Å². The summed E-state index contributed by atoms with van der Waals surface area (Å²) in [5.74, 6) is 0.383. The van der Waals surface area contributed by atoms with Gasteiger partial charge in [-0.25, -0.2) is 8.42 Å². The third-order valence-electron chi connectivity index (χ3n) is 5.09. The van der Waals surface area contributed by atoms with Gasteiger partial charge < -0.3 is 5.32 Å². The predicted molar refractivity (Wildman–Crippen MR) is 70.9 cm³/mol. The van der Waals surface area contributed by atoms with E-state index in [0.717, 1.165) is 6.42 Å². The average Bonchev–Trinajstić information content (AvgIpc) is 2.54. The number of sulfone groups is 1. The van der Waals surface area contributed by atoms with Crippen molar-refractivity contribution < 1.29 is 13.2 Å². The first-order chi connectivity index (χ1) is 8.08. The number of rotatable bonds is 2. The monoisotopic (exact) mass is 273 g/mol. The summed E-state index contributed by atoms with van der Waals surface area (Å²) in [7, 11) is -2.96. The Balaban J connectivity index is 1.98. The van der Waals surface area contributed by atoms with Crippen molar-refractivity contribution >= 4 is 15.7 Å². The molecule has 0 aromatic heterocycles. The molecule has 5 heteroatoms. The van der Waals surface area contributed by atoms with Crippen molar-refractivity contribution in [2.45, 2.75) is 46.6 Å². The zero-order valence-corrected chi connectivity index (χ0v) is 12.4. The van der Waals surface area contributed by atoms with E-state index in [0.29, 0.717) is 6.42 Å². The highest BCUT2D eigenvalue weighted by molar-refractivity contribution is 7.91. The third kappa shape index (κ3) is 2.17. The second-order valence-electron chi connectivity index (χ2n) is 6.84. The number of hydrogen-bond acceptors (Lipinski definition) is 3. The number of hydrogen-bond donors (Lipinski definition) is 1. The number of carbonyl (C=O) groups excluding carboxylic acids is 1. The van der Waals surface area contributed by atoms with E-state index in [-0.39, 0.29) is 40.2 Å². The van der Waals surface area contributed by atoms with Gasteiger partial charge in [-0.1, -0.05) is 27.7 Å². The molecule has 104 valence electrons. The number of nitrogens with one attached hydrogen (secondary N) is 1. The lowest BCUT2D eigenvalue weighted by Crippen LogP contribution is -2.44. The smallest absolute Gasteiger partial charge is 0.224 e. The van der Waals surface area contributed by atoms with E-state index in [2.05, 4.69) is 33.0 Å². The van der Waals surface area contributed by atoms with E-state index in [1.54, 1.807) is 0 Å². The molecule has 0 aromatic rings. The van der Waals surface area contributed by atoms with E-state index < -0.39 is 9.84 Å². The van der Waals surface area contributed by atoms with Crippen LogP contribution in [0.25, 0.3) is 0 Å². The minimum Gasteiger partial charge on any atom is -0.352 e. The van der Waals surface area contributed by atoms with Crippen LogP contribution in [0.3, 0.4) is 0 Å². The molecule has 1 saturated carbocycles. The fourth-order valence-corrected chi connectivity index (χ4v) is 4.91. The Kier molecular flexibility index (Phi) is 3.04. The van der Waals surface area contributed by atoms with E-state index in [9.17, 15) is 13.2 Å². The van der Waals surface area contributed by atoms with Crippen LogP contribution in [0.15, 0.2) is 0 Å². The quantitative estimate of drug-likeness (QED) is 0.826. The zero-order valence-electron chi connectivity index (χ0n) is 11.6. The van der Waals surface area contributed by atoms with Crippen LogP contribution < -0.4 is 5.32 Å². The summed E-state index contributed by atoms with van der Waals surface area (Å²) in [6, 6.07) is -0.191. The highest BCUT2D eigenvalue weighted by Crippen LogP contribution is 2.68.